The van der Waals surface area contributed by atoms with Gasteiger partial charge in [0.1, 0.15) is 6.54 Å². The number of alkyl halides is 24. The topological polar surface area (TPSA) is 40.1 Å². The van der Waals surface area contributed by atoms with Crippen molar-refractivity contribution < 1.29 is 120 Å². The Labute approximate surface area is 232 Å². The molecule has 0 rings (SSSR count). The quantitative estimate of drug-likeness (QED) is 0.144. The van der Waals surface area contributed by atoms with E-state index in [1.54, 1.807) is 0 Å². The lowest BCUT2D eigenvalue weighted by molar-refractivity contribution is -0.885. The third-order valence-electron chi connectivity index (χ3n) is 5.87. The summed E-state index contributed by atoms with van der Waals surface area (Å²) in [6.45, 7) is -2.76. The van der Waals surface area contributed by atoms with Crippen LogP contribution in [0.4, 0.5) is 105 Å². The van der Waals surface area contributed by atoms with E-state index in [0.717, 1.165) is 0 Å². The van der Waals surface area contributed by atoms with E-state index in [9.17, 15) is 115 Å². The first-order chi connectivity index (χ1) is 19.0. The number of quaternary nitrogens is 1. The minimum absolute atomic E-state index is 0.661. The second kappa shape index (κ2) is 11.2. The van der Waals surface area contributed by atoms with Gasteiger partial charge in [-0.05, 0) is 0 Å². The highest BCUT2D eigenvalue weighted by Gasteiger charge is 2.99. The smallest absolute Gasteiger partial charge is 0.460 e. The summed E-state index contributed by atoms with van der Waals surface area (Å²) in [6, 6.07) is 0. The van der Waals surface area contributed by atoms with Crippen LogP contribution in [-0.2, 0) is 4.79 Å². The van der Waals surface area contributed by atoms with Crippen molar-refractivity contribution in [2.24, 2.45) is 0 Å². The standard InChI is InChI=1S/C18H13F24NO2/c1-43(2,5-7(44)45)4-3-6(19)8(20,21)9(22,23)10(24,25)11(26,27)12(28,29)13(30,31)14(32,33)15(34,35)16(36,37)17(38,39)18(40,41)42/h6H,3-5H2,1-2H3. The molecule has 45 heavy (non-hydrogen) atoms. The van der Waals surface area contributed by atoms with Crippen molar-refractivity contribution in [2.75, 3.05) is 27.2 Å². The molecule has 0 spiro atoms. The molecule has 0 bridgehead atoms. The summed E-state index contributed by atoms with van der Waals surface area (Å²) in [4.78, 5) is 10.5. The molecule has 0 aliphatic heterocycles. The highest BCUT2D eigenvalue weighted by Crippen LogP contribution is 2.67. The number of carboxylic acids is 1. The zero-order valence-corrected chi connectivity index (χ0v) is 21.0. The summed E-state index contributed by atoms with van der Waals surface area (Å²) in [5, 5.41) is 10.5. The summed E-state index contributed by atoms with van der Waals surface area (Å²) in [7, 11) is 1.32. The summed E-state index contributed by atoms with van der Waals surface area (Å²) in [6.07, 6.45) is -15.4. The monoisotopic (exact) mass is 731 g/mol. The highest BCUT2D eigenvalue weighted by atomic mass is 19.4. The molecule has 0 aromatic heterocycles. The number of hydrogen-bond acceptors (Lipinski definition) is 2. The van der Waals surface area contributed by atoms with E-state index in [0.29, 0.717) is 14.1 Å². The molecule has 0 aromatic carbocycles. The van der Waals surface area contributed by atoms with E-state index in [2.05, 4.69) is 0 Å². The Hall–Kier alpha value is -2.25. The lowest BCUT2D eigenvalue weighted by Crippen LogP contribution is -2.78. The zero-order chi connectivity index (χ0) is 37.3. The van der Waals surface area contributed by atoms with Gasteiger partial charge >= 0.3 is 65.4 Å². The van der Waals surface area contributed by atoms with E-state index in [1.165, 1.54) is 0 Å². The Kier molecular flexibility index (Phi) is 10.6. The van der Waals surface area contributed by atoms with E-state index in [4.69, 9.17) is 0 Å². The third kappa shape index (κ3) is 6.01. The number of halogens is 24. The van der Waals surface area contributed by atoms with Gasteiger partial charge in [0.05, 0.1) is 26.6 Å². The first-order valence-electron chi connectivity index (χ1n) is 10.6. The summed E-state index contributed by atoms with van der Waals surface area (Å²) in [5.74, 6) is -91.9. The van der Waals surface area contributed by atoms with Gasteiger partial charge in [-0.25, -0.2) is 4.39 Å². The molecular formula is C18H13F24NO2. The Morgan fingerprint density at radius 3 is 1.00 bits per heavy atom. The van der Waals surface area contributed by atoms with Crippen LogP contribution in [0.1, 0.15) is 6.42 Å². The van der Waals surface area contributed by atoms with Crippen LogP contribution in [0, 0.1) is 0 Å². The lowest BCUT2D eigenvalue weighted by atomic mass is 9.84. The summed E-state index contributed by atoms with van der Waals surface area (Å²) in [5.41, 5.74) is 0. The second-order valence-electron chi connectivity index (χ2n) is 9.74. The highest BCUT2D eigenvalue weighted by molar-refractivity contribution is 5.65. The van der Waals surface area contributed by atoms with Crippen LogP contribution in [0.5, 0.6) is 0 Å². The minimum Gasteiger partial charge on any atom is -0.544 e. The van der Waals surface area contributed by atoms with Crippen LogP contribution in [0.3, 0.4) is 0 Å². The maximum absolute atomic E-state index is 13.9. The molecule has 1 unspecified atom stereocenters. The molecular weight excluding hydrogens is 718 g/mol. The van der Waals surface area contributed by atoms with Gasteiger partial charge in [0.2, 0.25) is 0 Å². The number of aliphatic carboxylic acids is 1. The molecule has 27 heteroatoms. The van der Waals surface area contributed by atoms with Crippen molar-refractivity contribution in [1.82, 2.24) is 0 Å². The van der Waals surface area contributed by atoms with Gasteiger partial charge in [0.15, 0.2) is 6.17 Å². The fraction of sp³-hybridized carbons (Fsp3) is 0.944. The molecule has 270 valence electrons. The molecule has 0 radical (unpaired) electrons. The first-order valence-corrected chi connectivity index (χ1v) is 10.6. The average molecular weight is 731 g/mol. The number of hydrogen-bond donors (Lipinski definition) is 0. The molecule has 0 N–H and O–H groups in total. The Morgan fingerprint density at radius 2 is 0.756 bits per heavy atom. The van der Waals surface area contributed by atoms with Crippen LogP contribution in [-0.4, -0.2) is 109 Å². The number of carboxylic acid groups (broad SMARTS) is 1. The number of nitrogens with zero attached hydrogens (tertiary/aromatic N) is 1. The van der Waals surface area contributed by atoms with Crippen LogP contribution in [0.2, 0.25) is 0 Å². The number of rotatable bonds is 15. The van der Waals surface area contributed by atoms with Crippen molar-refractivity contribution in [2.45, 2.75) is 78.0 Å². The summed E-state index contributed by atoms with van der Waals surface area (Å²) < 4.78 is 321. The summed E-state index contributed by atoms with van der Waals surface area (Å²) >= 11 is 0. The van der Waals surface area contributed by atoms with Crippen LogP contribution in [0.15, 0.2) is 0 Å². The van der Waals surface area contributed by atoms with Crippen molar-refractivity contribution >= 4 is 5.97 Å². The molecule has 0 aliphatic carbocycles. The Bertz CT molecular complexity index is 1080. The zero-order valence-electron chi connectivity index (χ0n) is 21.0. The number of carbonyl (C=O) groups excluding carboxylic acids is 1. The minimum atomic E-state index is -9.53. The van der Waals surface area contributed by atoms with Gasteiger partial charge in [-0.2, -0.15) is 101 Å². The third-order valence-corrected chi connectivity index (χ3v) is 5.87. The SMILES string of the molecule is C[N+](C)(CCC(F)C(F)(F)C(F)(F)C(F)(F)C(F)(F)C(F)(F)C(F)(F)C(F)(F)C(F)(F)C(F)(F)C(F)(F)C(F)(F)F)CC(=O)[O-]. The van der Waals surface area contributed by atoms with E-state index >= 15 is 0 Å². The van der Waals surface area contributed by atoms with Crippen molar-refractivity contribution in [3.8, 4) is 0 Å². The van der Waals surface area contributed by atoms with Gasteiger partial charge < -0.3 is 14.4 Å². The largest absolute Gasteiger partial charge is 0.544 e. The maximum atomic E-state index is 13.9. The lowest BCUT2D eigenvalue weighted by Gasteiger charge is -2.45. The van der Waals surface area contributed by atoms with E-state index < -0.39 is 102 Å². The van der Waals surface area contributed by atoms with Crippen molar-refractivity contribution in [1.29, 1.82) is 0 Å². The van der Waals surface area contributed by atoms with Crippen LogP contribution < -0.4 is 5.11 Å². The molecule has 0 saturated heterocycles. The van der Waals surface area contributed by atoms with Crippen molar-refractivity contribution in [3.05, 3.63) is 0 Å². The molecule has 0 amide bonds. The van der Waals surface area contributed by atoms with Gasteiger partial charge in [-0.15, -0.1) is 0 Å². The Morgan fingerprint density at radius 1 is 0.511 bits per heavy atom. The van der Waals surface area contributed by atoms with Gasteiger partial charge in [-0.1, -0.05) is 0 Å². The van der Waals surface area contributed by atoms with Gasteiger partial charge in [0.25, 0.3) is 0 Å². The van der Waals surface area contributed by atoms with Crippen LogP contribution in [0.25, 0.3) is 0 Å². The number of carbonyl (C=O) groups is 1. The normalized spacial score (nSPS) is 17.0. The fourth-order valence-electron chi connectivity index (χ4n) is 3.04. The van der Waals surface area contributed by atoms with E-state index in [-0.39, 0.29) is 0 Å². The average Bonchev–Trinajstić information content (AvgIpc) is 2.79. The maximum Gasteiger partial charge on any atom is 0.460 e. The Balaban J connectivity index is 7.02. The first kappa shape index (κ1) is 42.8. The molecule has 0 aliphatic rings. The van der Waals surface area contributed by atoms with E-state index in [1.807, 2.05) is 0 Å². The molecule has 0 heterocycles. The van der Waals surface area contributed by atoms with Crippen molar-refractivity contribution in [3.63, 3.8) is 0 Å². The van der Waals surface area contributed by atoms with Crippen LogP contribution >= 0.6 is 0 Å². The molecule has 0 aromatic rings. The second-order valence-corrected chi connectivity index (χ2v) is 9.74. The van der Waals surface area contributed by atoms with Gasteiger partial charge in [-0.3, -0.25) is 0 Å². The predicted octanol–water partition coefficient (Wildman–Crippen LogP) is 6.46. The molecule has 3 nitrogen and oxygen atoms in total. The molecule has 1 atom stereocenters. The van der Waals surface area contributed by atoms with Gasteiger partial charge in [0, 0.05) is 6.42 Å². The molecule has 0 saturated carbocycles. The number of likely N-dealkylation sites (N-methyl/N-ethyl adjacent to an activating group) is 1. The predicted molar refractivity (Wildman–Crippen MR) is 91.9 cm³/mol. The fourth-order valence-corrected chi connectivity index (χ4v) is 3.04. The molecule has 0 fully saturated rings.